The molecule has 0 saturated heterocycles. The van der Waals surface area contributed by atoms with E-state index >= 15 is 0 Å². The van der Waals surface area contributed by atoms with Gasteiger partial charge in [-0.05, 0) is 53.8 Å². The lowest BCUT2D eigenvalue weighted by Gasteiger charge is -2.10. The molecule has 0 bridgehead atoms. The molecule has 6 heteroatoms. The molecule has 2 N–H and O–H groups in total. The summed E-state index contributed by atoms with van der Waals surface area (Å²) >= 11 is 0. The van der Waals surface area contributed by atoms with E-state index in [2.05, 4.69) is 24.4 Å². The second-order valence-electron chi connectivity index (χ2n) is 5.89. The summed E-state index contributed by atoms with van der Waals surface area (Å²) in [6.45, 7) is 4.19. The molecule has 1 amide bonds. The van der Waals surface area contributed by atoms with Crippen LogP contribution in [-0.2, 0) is 4.79 Å². The van der Waals surface area contributed by atoms with Gasteiger partial charge in [-0.25, -0.2) is 5.43 Å². The van der Waals surface area contributed by atoms with Gasteiger partial charge < -0.3 is 14.6 Å². The summed E-state index contributed by atoms with van der Waals surface area (Å²) in [5.74, 6) is 1.16. The normalized spacial score (nSPS) is 12.0. The molecule has 0 spiro atoms. The largest absolute Gasteiger partial charge is 0.504 e. The van der Waals surface area contributed by atoms with Gasteiger partial charge in [-0.3, -0.25) is 4.79 Å². The van der Waals surface area contributed by atoms with Crippen molar-refractivity contribution in [3.8, 4) is 17.2 Å². The third-order valence-electron chi connectivity index (χ3n) is 4.04. The van der Waals surface area contributed by atoms with Crippen molar-refractivity contribution in [1.29, 1.82) is 0 Å². The highest BCUT2D eigenvalue weighted by Crippen LogP contribution is 2.25. The number of phenols is 1. The number of nitrogens with one attached hydrogen (secondary N) is 1. The van der Waals surface area contributed by atoms with E-state index < -0.39 is 0 Å². The van der Waals surface area contributed by atoms with E-state index in [1.165, 1.54) is 25.0 Å². The van der Waals surface area contributed by atoms with Crippen LogP contribution in [0.3, 0.4) is 0 Å². The van der Waals surface area contributed by atoms with Gasteiger partial charge in [0.2, 0.25) is 0 Å². The molecular formula is C20H24N2O4. The highest BCUT2D eigenvalue weighted by atomic mass is 16.5. The Balaban J connectivity index is 1.81. The van der Waals surface area contributed by atoms with Gasteiger partial charge in [0.1, 0.15) is 5.75 Å². The minimum atomic E-state index is -0.363. The van der Waals surface area contributed by atoms with E-state index in [9.17, 15) is 9.90 Å². The number of amides is 1. The maximum atomic E-state index is 11.8. The van der Waals surface area contributed by atoms with Crippen molar-refractivity contribution in [2.24, 2.45) is 5.10 Å². The second kappa shape index (κ2) is 9.46. The molecule has 0 aliphatic heterocycles. The van der Waals surface area contributed by atoms with E-state index in [4.69, 9.17) is 9.47 Å². The Kier molecular flexibility index (Phi) is 7.02. The maximum absolute atomic E-state index is 11.8. The van der Waals surface area contributed by atoms with Crippen molar-refractivity contribution in [3.05, 3.63) is 53.6 Å². The van der Waals surface area contributed by atoms with Crippen LogP contribution in [0.15, 0.2) is 47.6 Å². The van der Waals surface area contributed by atoms with Crippen LogP contribution in [0.5, 0.6) is 17.2 Å². The summed E-state index contributed by atoms with van der Waals surface area (Å²) < 4.78 is 10.5. The fourth-order valence-corrected chi connectivity index (χ4v) is 2.26. The third kappa shape index (κ3) is 5.51. The van der Waals surface area contributed by atoms with Crippen LogP contribution in [0, 0.1) is 0 Å². The molecule has 2 aromatic carbocycles. The fraction of sp³-hybridized carbons (Fsp3) is 0.300. The lowest BCUT2D eigenvalue weighted by Crippen LogP contribution is -2.24. The zero-order valence-corrected chi connectivity index (χ0v) is 15.2. The Bertz CT molecular complexity index is 757. The van der Waals surface area contributed by atoms with Crippen LogP contribution in [0.25, 0.3) is 0 Å². The summed E-state index contributed by atoms with van der Waals surface area (Å²) in [4.78, 5) is 11.8. The number of phenolic OH excluding ortho intramolecular Hbond substituents is 1. The summed E-state index contributed by atoms with van der Waals surface area (Å²) in [5, 5.41) is 13.4. The van der Waals surface area contributed by atoms with Crippen LogP contribution in [0.2, 0.25) is 0 Å². The highest BCUT2D eigenvalue weighted by Gasteiger charge is 2.05. The molecule has 0 heterocycles. The molecular weight excluding hydrogens is 332 g/mol. The highest BCUT2D eigenvalue weighted by molar-refractivity contribution is 5.83. The molecule has 0 saturated carbocycles. The minimum absolute atomic E-state index is 0.0430. The number of nitrogens with zero attached hydrogens (tertiary/aromatic N) is 1. The third-order valence-corrected chi connectivity index (χ3v) is 4.04. The molecule has 0 aliphatic rings. The number of aromatic hydroxyl groups is 1. The van der Waals surface area contributed by atoms with Gasteiger partial charge >= 0.3 is 0 Å². The van der Waals surface area contributed by atoms with Crippen LogP contribution >= 0.6 is 0 Å². The van der Waals surface area contributed by atoms with Crippen LogP contribution in [0.1, 0.15) is 37.3 Å². The standard InChI is InChI=1S/C20H24N2O4/c1-4-14(2)16-6-8-17(9-7-16)26-13-20(24)22-21-12-15-5-10-18(23)19(11-15)25-3/h5-12,14,23H,4,13H2,1-3H3,(H,22,24)/b21-12+. The number of carbonyl (C=O) groups is 1. The zero-order chi connectivity index (χ0) is 18.9. The van der Waals surface area contributed by atoms with Gasteiger partial charge in [0.25, 0.3) is 5.91 Å². The molecule has 0 aliphatic carbocycles. The fourth-order valence-electron chi connectivity index (χ4n) is 2.26. The molecule has 138 valence electrons. The average molecular weight is 356 g/mol. The Morgan fingerprint density at radius 2 is 2.00 bits per heavy atom. The lowest BCUT2D eigenvalue weighted by atomic mass is 9.99. The summed E-state index contributed by atoms with van der Waals surface area (Å²) in [6, 6.07) is 12.5. The van der Waals surface area contributed by atoms with Gasteiger partial charge in [0.15, 0.2) is 18.1 Å². The van der Waals surface area contributed by atoms with E-state index in [-0.39, 0.29) is 18.3 Å². The lowest BCUT2D eigenvalue weighted by molar-refractivity contribution is -0.123. The number of rotatable bonds is 8. The first-order valence-electron chi connectivity index (χ1n) is 8.45. The van der Waals surface area contributed by atoms with E-state index in [1.807, 2.05) is 24.3 Å². The van der Waals surface area contributed by atoms with E-state index in [0.717, 1.165) is 6.42 Å². The monoisotopic (exact) mass is 356 g/mol. The molecule has 6 nitrogen and oxygen atoms in total. The molecule has 0 fully saturated rings. The van der Waals surface area contributed by atoms with Gasteiger partial charge in [0.05, 0.1) is 13.3 Å². The van der Waals surface area contributed by atoms with Gasteiger partial charge in [0, 0.05) is 0 Å². The molecule has 26 heavy (non-hydrogen) atoms. The Labute approximate surface area is 153 Å². The Morgan fingerprint density at radius 3 is 2.65 bits per heavy atom. The van der Waals surface area contributed by atoms with Crippen molar-refractivity contribution in [3.63, 3.8) is 0 Å². The quantitative estimate of drug-likeness (QED) is 0.561. The maximum Gasteiger partial charge on any atom is 0.277 e. The van der Waals surface area contributed by atoms with Gasteiger partial charge in [-0.1, -0.05) is 26.0 Å². The second-order valence-corrected chi connectivity index (χ2v) is 5.89. The minimum Gasteiger partial charge on any atom is -0.504 e. The predicted octanol–water partition coefficient (Wildman–Crippen LogP) is 3.44. The van der Waals surface area contributed by atoms with Crippen LogP contribution in [-0.4, -0.2) is 30.9 Å². The van der Waals surface area contributed by atoms with Crippen molar-refractivity contribution in [2.45, 2.75) is 26.2 Å². The number of methoxy groups -OCH3 is 1. The van der Waals surface area contributed by atoms with Crippen molar-refractivity contribution >= 4 is 12.1 Å². The zero-order valence-electron chi connectivity index (χ0n) is 15.2. The van der Waals surface area contributed by atoms with Crippen molar-refractivity contribution < 1.29 is 19.4 Å². The summed E-state index contributed by atoms with van der Waals surface area (Å²) in [6.07, 6.45) is 2.54. The van der Waals surface area contributed by atoms with Gasteiger partial charge in [-0.15, -0.1) is 0 Å². The molecule has 1 atom stereocenters. The average Bonchev–Trinajstić information content (AvgIpc) is 2.67. The van der Waals surface area contributed by atoms with Crippen molar-refractivity contribution in [1.82, 2.24) is 5.43 Å². The van der Waals surface area contributed by atoms with Crippen LogP contribution in [0.4, 0.5) is 0 Å². The van der Waals surface area contributed by atoms with E-state index in [1.54, 1.807) is 12.1 Å². The summed E-state index contributed by atoms with van der Waals surface area (Å²) in [5.41, 5.74) is 4.32. The van der Waals surface area contributed by atoms with Crippen LogP contribution < -0.4 is 14.9 Å². The van der Waals surface area contributed by atoms with Crippen molar-refractivity contribution in [2.75, 3.05) is 13.7 Å². The first kappa shape index (κ1) is 19.3. The molecule has 0 aromatic heterocycles. The Morgan fingerprint density at radius 1 is 1.27 bits per heavy atom. The van der Waals surface area contributed by atoms with E-state index in [0.29, 0.717) is 23.0 Å². The number of hydrazone groups is 1. The number of hydrogen-bond donors (Lipinski definition) is 2. The number of ether oxygens (including phenoxy) is 2. The predicted molar refractivity (Wildman–Crippen MR) is 101 cm³/mol. The summed E-state index contributed by atoms with van der Waals surface area (Å²) in [7, 11) is 1.46. The molecule has 1 unspecified atom stereocenters. The number of benzene rings is 2. The Hall–Kier alpha value is -3.02. The smallest absolute Gasteiger partial charge is 0.277 e. The molecule has 2 rings (SSSR count). The number of hydrogen-bond acceptors (Lipinski definition) is 5. The first-order valence-corrected chi connectivity index (χ1v) is 8.45. The SMILES string of the molecule is CCC(C)c1ccc(OCC(=O)N/N=C/c2ccc(O)c(OC)c2)cc1. The number of carbonyl (C=O) groups excluding carboxylic acids is 1. The molecule has 0 radical (unpaired) electrons. The topological polar surface area (TPSA) is 80.2 Å². The first-order chi connectivity index (χ1) is 12.5. The van der Waals surface area contributed by atoms with Gasteiger partial charge in [-0.2, -0.15) is 5.10 Å². The molecule has 2 aromatic rings.